The Morgan fingerprint density at radius 1 is 0.717 bits per heavy atom. The predicted octanol–water partition coefficient (Wildman–Crippen LogP) is 0.797. The van der Waals surface area contributed by atoms with E-state index in [4.69, 9.17) is 38.6 Å². The van der Waals surface area contributed by atoms with Gasteiger partial charge in [-0.25, -0.2) is 14.4 Å². The summed E-state index contributed by atoms with van der Waals surface area (Å²) < 4.78 is 36.2. The molecule has 0 aromatic heterocycles. The van der Waals surface area contributed by atoms with Gasteiger partial charge in [0, 0.05) is 32.4 Å². The zero-order chi connectivity index (χ0) is 34.6. The molecule has 0 aliphatic carbocycles. The molecule has 0 bridgehead atoms. The first-order valence-electron chi connectivity index (χ1n) is 14.9. The fraction of sp³-hybridized carbons (Fsp3) is 0.786. The summed E-state index contributed by atoms with van der Waals surface area (Å²) in [5, 5.41) is 25.1. The second-order valence-electron chi connectivity index (χ2n) is 10.5. The second-order valence-corrected chi connectivity index (χ2v) is 10.5. The second kappa shape index (κ2) is 26.5. The van der Waals surface area contributed by atoms with Crippen molar-refractivity contribution in [3.63, 3.8) is 0 Å². The van der Waals surface area contributed by atoms with Crippen LogP contribution in [0.5, 0.6) is 0 Å². The molecule has 18 heteroatoms. The van der Waals surface area contributed by atoms with Gasteiger partial charge in [-0.1, -0.05) is 0 Å². The number of nitrogens with one attached hydrogen (secondary N) is 3. The predicted molar refractivity (Wildman–Crippen MR) is 158 cm³/mol. The van der Waals surface area contributed by atoms with E-state index in [1.54, 1.807) is 20.8 Å². The van der Waals surface area contributed by atoms with Crippen molar-refractivity contribution in [2.45, 2.75) is 77.2 Å². The number of aliphatic carboxylic acids is 2. The average molecular weight is 668 g/mol. The van der Waals surface area contributed by atoms with Crippen LogP contribution in [0.4, 0.5) is 9.59 Å². The molecule has 266 valence electrons. The minimum absolute atomic E-state index is 0.0771. The highest BCUT2D eigenvalue weighted by Gasteiger charge is 2.24. The average Bonchev–Trinajstić information content (AvgIpc) is 2.95. The number of carboxylic acids is 2. The maximum Gasteiger partial charge on any atom is 0.410 e. The first-order valence-corrected chi connectivity index (χ1v) is 14.9. The molecular weight excluding hydrogens is 618 g/mol. The lowest BCUT2D eigenvalue weighted by atomic mass is 10.1. The highest BCUT2D eigenvalue weighted by molar-refractivity contribution is 5.80. The summed E-state index contributed by atoms with van der Waals surface area (Å²) in [6, 6.07) is -1.49. The van der Waals surface area contributed by atoms with E-state index >= 15 is 0 Å². The maximum absolute atomic E-state index is 11.9. The quantitative estimate of drug-likeness (QED) is 0.0440. The summed E-state index contributed by atoms with van der Waals surface area (Å²) in [7, 11) is 0. The summed E-state index contributed by atoms with van der Waals surface area (Å²) >= 11 is 0. The smallest absolute Gasteiger partial charge is 0.410 e. The van der Waals surface area contributed by atoms with Gasteiger partial charge in [0.25, 0.3) is 6.47 Å². The molecule has 5 N–H and O–H groups in total. The van der Waals surface area contributed by atoms with Crippen molar-refractivity contribution in [2.75, 3.05) is 65.9 Å². The van der Waals surface area contributed by atoms with Crippen LogP contribution in [0, 0.1) is 0 Å². The number of alkyl carbamates (subject to hydrolysis) is 2. The van der Waals surface area contributed by atoms with Crippen LogP contribution in [0.15, 0.2) is 0 Å². The molecule has 2 atom stereocenters. The molecule has 0 fully saturated rings. The highest BCUT2D eigenvalue weighted by Crippen LogP contribution is 2.08. The Hall–Kier alpha value is -3.74. The first-order chi connectivity index (χ1) is 21.8. The third-order valence-corrected chi connectivity index (χ3v) is 5.38. The highest BCUT2D eigenvalue weighted by atomic mass is 16.7. The van der Waals surface area contributed by atoms with E-state index in [1.165, 1.54) is 0 Å². The normalized spacial score (nSPS) is 12.3. The molecule has 0 heterocycles. The van der Waals surface area contributed by atoms with Crippen LogP contribution in [0.1, 0.15) is 59.3 Å². The Morgan fingerprint density at radius 3 is 1.85 bits per heavy atom. The molecule has 46 heavy (non-hydrogen) atoms. The minimum atomic E-state index is -1.49. The van der Waals surface area contributed by atoms with E-state index in [1.807, 2.05) is 5.32 Å². The summed E-state index contributed by atoms with van der Waals surface area (Å²) in [5.74, 6) is -2.89. The monoisotopic (exact) mass is 667 g/mol. The van der Waals surface area contributed by atoms with Crippen LogP contribution in [-0.4, -0.2) is 131 Å². The van der Waals surface area contributed by atoms with Crippen molar-refractivity contribution in [3.8, 4) is 0 Å². The Balaban J connectivity index is 3.73. The van der Waals surface area contributed by atoms with Crippen LogP contribution in [0.25, 0.3) is 0 Å². The van der Waals surface area contributed by atoms with Crippen molar-refractivity contribution in [2.24, 2.45) is 0 Å². The summed E-state index contributed by atoms with van der Waals surface area (Å²) in [4.78, 5) is 67.9. The molecule has 0 aromatic rings. The number of carbonyl (C=O) groups is 6. The molecule has 0 aliphatic heterocycles. The van der Waals surface area contributed by atoms with E-state index in [9.17, 15) is 28.8 Å². The number of amides is 3. The fourth-order valence-electron chi connectivity index (χ4n) is 3.26. The molecule has 0 spiro atoms. The number of unbranched alkanes of at least 4 members (excludes halogenated alkanes) is 1. The van der Waals surface area contributed by atoms with Crippen molar-refractivity contribution in [1.29, 1.82) is 0 Å². The lowest BCUT2D eigenvalue weighted by Gasteiger charge is -2.19. The van der Waals surface area contributed by atoms with Gasteiger partial charge in [0.15, 0.2) is 0 Å². The largest absolute Gasteiger partial charge is 0.481 e. The Labute approximate surface area is 268 Å². The van der Waals surface area contributed by atoms with E-state index in [-0.39, 0.29) is 38.2 Å². The molecule has 0 radical (unpaired) electrons. The van der Waals surface area contributed by atoms with Crippen molar-refractivity contribution in [3.05, 3.63) is 0 Å². The minimum Gasteiger partial charge on any atom is -0.481 e. The summed E-state index contributed by atoms with van der Waals surface area (Å²) in [6.07, 6.45) is -2.70. The lowest BCUT2D eigenvalue weighted by Crippen LogP contribution is -2.42. The van der Waals surface area contributed by atoms with E-state index < -0.39 is 48.5 Å². The van der Waals surface area contributed by atoms with E-state index in [2.05, 4.69) is 15.4 Å². The Bertz CT molecular complexity index is 898. The molecule has 0 aromatic carbocycles. The van der Waals surface area contributed by atoms with Gasteiger partial charge in [-0.2, -0.15) is 0 Å². The number of ether oxygens (including phenoxy) is 7. The molecule has 3 amide bonds. The molecule has 0 aliphatic rings. The number of hydrogen-bond donors (Lipinski definition) is 5. The SMILES string of the molecule is CC(C)(C)OC(=O)NCCOCCOCCOCCOCCC(=O)NCCCC[C@@H](OC=O)OC(=O)N[C@@H](CCC(=O)O)C(=O)O. The van der Waals surface area contributed by atoms with Gasteiger partial charge in [-0.05, 0) is 40.0 Å². The Morgan fingerprint density at radius 2 is 1.30 bits per heavy atom. The standard InChI is InChI=1S/C28H49N3O15/c1-28(2,3)46-26(38)30-11-13-41-15-17-43-19-18-42-16-14-40-12-9-22(33)29-10-5-4-6-24(44-20-32)45-27(39)31-21(25(36)37)7-8-23(34)35/h20-21,24H,4-19H2,1-3H3,(H,29,33)(H,30,38)(H,31,39)(H,34,35)(H,36,37)/t21-,24-/m0/s1. The lowest BCUT2D eigenvalue weighted by molar-refractivity contribution is -0.154. The van der Waals surface area contributed by atoms with Gasteiger partial charge >= 0.3 is 24.1 Å². The molecule has 0 saturated carbocycles. The summed E-state index contributed by atoms with van der Waals surface area (Å²) in [5.41, 5.74) is -0.548. The molecule has 0 rings (SSSR count). The maximum atomic E-state index is 11.9. The van der Waals surface area contributed by atoms with Gasteiger partial charge in [0.05, 0.1) is 52.9 Å². The van der Waals surface area contributed by atoms with Crippen molar-refractivity contribution < 1.29 is 72.1 Å². The van der Waals surface area contributed by atoms with Gasteiger partial charge < -0.3 is 59.3 Å². The molecule has 18 nitrogen and oxygen atoms in total. The van der Waals surface area contributed by atoms with Gasteiger partial charge in [0.1, 0.15) is 11.6 Å². The third kappa shape index (κ3) is 27.8. The van der Waals surface area contributed by atoms with Crippen molar-refractivity contribution in [1.82, 2.24) is 16.0 Å². The number of carbonyl (C=O) groups excluding carboxylic acids is 4. The molecule has 0 saturated heterocycles. The number of rotatable bonds is 28. The van der Waals surface area contributed by atoms with Crippen LogP contribution in [0.3, 0.4) is 0 Å². The Kier molecular flexibility index (Phi) is 24.3. The molecular formula is C28H49N3O15. The van der Waals surface area contributed by atoms with Crippen LogP contribution in [-0.2, 0) is 52.3 Å². The van der Waals surface area contributed by atoms with Crippen LogP contribution >= 0.6 is 0 Å². The zero-order valence-electron chi connectivity index (χ0n) is 26.7. The topological polar surface area (TPSA) is 244 Å². The first kappa shape index (κ1) is 42.3. The van der Waals surface area contributed by atoms with Crippen LogP contribution < -0.4 is 16.0 Å². The summed E-state index contributed by atoms with van der Waals surface area (Å²) in [6.45, 7) is 8.76. The van der Waals surface area contributed by atoms with Gasteiger partial charge in [0.2, 0.25) is 12.2 Å². The van der Waals surface area contributed by atoms with Gasteiger partial charge in [-0.15, -0.1) is 0 Å². The van der Waals surface area contributed by atoms with E-state index in [0.29, 0.717) is 72.2 Å². The van der Waals surface area contributed by atoms with Crippen LogP contribution in [0.2, 0.25) is 0 Å². The third-order valence-electron chi connectivity index (χ3n) is 5.38. The fourth-order valence-corrected chi connectivity index (χ4v) is 3.26. The van der Waals surface area contributed by atoms with Gasteiger partial charge in [-0.3, -0.25) is 14.4 Å². The number of hydrogen-bond acceptors (Lipinski definition) is 13. The van der Waals surface area contributed by atoms with Crippen molar-refractivity contribution >= 4 is 36.5 Å². The molecule has 0 unspecified atom stereocenters. The zero-order valence-corrected chi connectivity index (χ0v) is 26.7. The number of carboxylic acid groups (broad SMARTS) is 2. The van der Waals surface area contributed by atoms with E-state index in [0.717, 1.165) is 0 Å².